The third kappa shape index (κ3) is 5.75. The van der Waals surface area contributed by atoms with Crippen molar-refractivity contribution in [2.75, 3.05) is 0 Å². The van der Waals surface area contributed by atoms with Gasteiger partial charge in [-0.3, -0.25) is 10.2 Å². The van der Waals surface area contributed by atoms with Crippen LogP contribution in [0.5, 0.6) is 0 Å². The summed E-state index contributed by atoms with van der Waals surface area (Å²) < 4.78 is 0. The molecule has 3 aromatic rings. The molecule has 0 fully saturated rings. The van der Waals surface area contributed by atoms with E-state index in [1.807, 2.05) is 5.38 Å². The summed E-state index contributed by atoms with van der Waals surface area (Å²) in [5.74, 6) is 0.641. The quantitative estimate of drug-likeness (QED) is 0.220. The molecule has 0 bridgehead atoms. The summed E-state index contributed by atoms with van der Waals surface area (Å²) in [7, 11) is 0. The fourth-order valence-electron chi connectivity index (χ4n) is 2.86. The number of nitrogens with zero attached hydrogens (tertiary/aromatic N) is 3. The number of hydrogen-bond donors (Lipinski definition) is 3. The van der Waals surface area contributed by atoms with Crippen molar-refractivity contribution in [1.29, 1.82) is 5.41 Å². The van der Waals surface area contributed by atoms with E-state index in [0.29, 0.717) is 29.1 Å². The number of rotatable bonds is 9. The Balaban J connectivity index is 1.81. The maximum atomic E-state index is 12.9. The van der Waals surface area contributed by atoms with E-state index in [1.165, 1.54) is 16.2 Å². The first-order valence-corrected chi connectivity index (χ1v) is 12.6. The highest BCUT2D eigenvalue weighted by Crippen LogP contribution is 2.31. The van der Waals surface area contributed by atoms with Gasteiger partial charge in [0.15, 0.2) is 10.0 Å². The van der Waals surface area contributed by atoms with E-state index in [-0.39, 0.29) is 11.0 Å². The summed E-state index contributed by atoms with van der Waals surface area (Å²) in [6, 6.07) is 0. The first-order valence-electron chi connectivity index (χ1n) is 9.68. The smallest absolute Gasteiger partial charge is 0.271 e. The summed E-state index contributed by atoms with van der Waals surface area (Å²) in [5, 5.41) is 15.0. The van der Waals surface area contributed by atoms with Crippen molar-refractivity contribution in [3.05, 3.63) is 37.7 Å². The molecule has 3 aromatic heterocycles. The van der Waals surface area contributed by atoms with Gasteiger partial charge in [0.25, 0.3) is 5.91 Å². The van der Waals surface area contributed by atoms with Gasteiger partial charge in [0.05, 0.1) is 12.2 Å². The number of aromatic nitrogens is 3. The predicted octanol–water partition coefficient (Wildman–Crippen LogP) is 5.31. The lowest BCUT2D eigenvalue weighted by Crippen LogP contribution is -2.25. The van der Waals surface area contributed by atoms with Gasteiger partial charge in [-0.15, -0.1) is 46.6 Å². The number of hydrogen-bond acceptors (Lipinski definition) is 8. The first kappa shape index (κ1) is 23.1. The minimum Gasteiger partial charge on any atom is -0.345 e. The van der Waals surface area contributed by atoms with Crippen LogP contribution in [0.25, 0.3) is 10.0 Å². The molecule has 2 N–H and O–H groups in total. The molecular weight excluding hydrogens is 455 g/mol. The Hall–Kier alpha value is -1.62. The van der Waals surface area contributed by atoms with E-state index in [0.717, 1.165) is 33.4 Å². The lowest BCUT2D eigenvalue weighted by molar-refractivity contribution is 0.0945. The highest BCUT2D eigenvalue weighted by Gasteiger charge is 2.21. The summed E-state index contributed by atoms with van der Waals surface area (Å²) in [4.78, 5) is 28.5. The molecule has 0 spiro atoms. The molecule has 6 nitrogen and oxygen atoms in total. The molecule has 10 heteroatoms. The molecule has 0 atom stereocenters. The fraction of sp³-hybridized carbons (Fsp3) is 0.450. The van der Waals surface area contributed by atoms with E-state index in [9.17, 15) is 4.79 Å². The topological polar surface area (TPSA) is 91.6 Å². The molecule has 0 aliphatic heterocycles. The molecule has 0 unspecified atom stereocenters. The van der Waals surface area contributed by atoms with Crippen LogP contribution in [0.1, 0.15) is 58.6 Å². The molecule has 0 radical (unpaired) electrons. The minimum atomic E-state index is -0.234. The second-order valence-corrected chi connectivity index (χ2v) is 11.3. The normalized spacial score (nSPS) is 11.4. The SMILES string of the molecule is CC(C)Cc1sc(-c2nccs2)nc1CNC(=O)c1nc(C(=N)S)sc1CC(C)C. The van der Waals surface area contributed by atoms with Crippen LogP contribution in [0.15, 0.2) is 11.6 Å². The molecule has 0 saturated carbocycles. The van der Waals surface area contributed by atoms with Gasteiger partial charge in [0, 0.05) is 21.3 Å². The highest BCUT2D eigenvalue weighted by atomic mass is 32.1. The van der Waals surface area contributed by atoms with Crippen LogP contribution in [-0.4, -0.2) is 25.9 Å². The largest absolute Gasteiger partial charge is 0.345 e. The van der Waals surface area contributed by atoms with E-state index < -0.39 is 0 Å². The zero-order valence-corrected chi connectivity index (χ0v) is 20.7. The number of nitrogens with one attached hydrogen (secondary N) is 2. The number of carbonyl (C=O) groups excluding carboxylic acids is 1. The van der Waals surface area contributed by atoms with Crippen molar-refractivity contribution in [3.8, 4) is 10.0 Å². The van der Waals surface area contributed by atoms with E-state index in [4.69, 9.17) is 10.4 Å². The van der Waals surface area contributed by atoms with Crippen molar-refractivity contribution in [2.24, 2.45) is 11.8 Å². The highest BCUT2D eigenvalue weighted by molar-refractivity contribution is 7.97. The first-order chi connectivity index (χ1) is 14.2. The van der Waals surface area contributed by atoms with Crippen LogP contribution in [0.4, 0.5) is 0 Å². The van der Waals surface area contributed by atoms with Crippen molar-refractivity contribution < 1.29 is 4.79 Å². The Bertz CT molecular complexity index is 1020. The van der Waals surface area contributed by atoms with Gasteiger partial charge in [-0.05, 0) is 24.7 Å². The Morgan fingerprint density at radius 3 is 2.40 bits per heavy atom. The zero-order chi connectivity index (χ0) is 21.8. The molecule has 0 aromatic carbocycles. The van der Waals surface area contributed by atoms with Gasteiger partial charge < -0.3 is 5.32 Å². The molecule has 1 amide bonds. The van der Waals surface area contributed by atoms with Crippen molar-refractivity contribution in [2.45, 2.75) is 47.1 Å². The van der Waals surface area contributed by atoms with Gasteiger partial charge in [-0.1, -0.05) is 27.7 Å². The van der Waals surface area contributed by atoms with Crippen molar-refractivity contribution in [1.82, 2.24) is 20.3 Å². The number of thiol groups is 1. The average Bonchev–Trinajstić information content (AvgIpc) is 3.38. The number of amides is 1. The van der Waals surface area contributed by atoms with Crippen molar-refractivity contribution in [3.63, 3.8) is 0 Å². The van der Waals surface area contributed by atoms with Crippen LogP contribution in [0.3, 0.4) is 0 Å². The third-order valence-electron chi connectivity index (χ3n) is 4.11. The van der Waals surface area contributed by atoms with Crippen molar-refractivity contribution >= 4 is 57.6 Å². The lowest BCUT2D eigenvalue weighted by Gasteiger charge is -2.08. The molecular formula is C20H25N5OS4. The van der Waals surface area contributed by atoms with E-state index in [1.54, 1.807) is 28.9 Å². The summed E-state index contributed by atoms with van der Waals surface area (Å²) in [6.07, 6.45) is 3.43. The van der Waals surface area contributed by atoms with Crippen LogP contribution in [0.2, 0.25) is 0 Å². The zero-order valence-electron chi connectivity index (χ0n) is 17.4. The maximum Gasteiger partial charge on any atom is 0.271 e. The number of thiazole rings is 3. The Morgan fingerprint density at radius 1 is 1.10 bits per heavy atom. The van der Waals surface area contributed by atoms with Crippen LogP contribution < -0.4 is 5.32 Å². The Labute approximate surface area is 194 Å². The van der Waals surface area contributed by atoms with Gasteiger partial charge in [0.2, 0.25) is 0 Å². The predicted molar refractivity (Wildman–Crippen MR) is 129 cm³/mol. The second kappa shape index (κ2) is 10.1. The minimum absolute atomic E-state index is 0.0795. The van der Waals surface area contributed by atoms with Crippen LogP contribution >= 0.6 is 46.6 Å². The standard InChI is InChI=1S/C20H25N5OS4/c1-10(2)7-13-12(24-20(29-13)19-22-5-6-28-19)9-23-17(26)15-14(8-11(3)4)30-18(25-15)16(21)27/h5-6,10-11H,7-9H2,1-4H3,(H2,21,27)(H,23,26). The monoisotopic (exact) mass is 479 g/mol. The van der Waals surface area contributed by atoms with Crippen LogP contribution in [-0.2, 0) is 19.4 Å². The van der Waals surface area contributed by atoms with E-state index >= 15 is 0 Å². The summed E-state index contributed by atoms with van der Waals surface area (Å²) in [5.41, 5.74) is 1.28. The summed E-state index contributed by atoms with van der Waals surface area (Å²) in [6.45, 7) is 8.88. The maximum absolute atomic E-state index is 12.9. The Kier molecular flexibility index (Phi) is 7.78. The molecule has 3 heterocycles. The van der Waals surface area contributed by atoms with Gasteiger partial charge in [0.1, 0.15) is 15.7 Å². The molecule has 0 aliphatic rings. The van der Waals surface area contributed by atoms with Crippen LogP contribution in [0, 0.1) is 17.2 Å². The van der Waals surface area contributed by atoms with Gasteiger partial charge >= 0.3 is 0 Å². The third-order valence-corrected chi connectivity index (χ3v) is 7.61. The number of carbonyl (C=O) groups is 1. The Morgan fingerprint density at radius 2 is 1.80 bits per heavy atom. The fourth-order valence-corrected chi connectivity index (χ4v) is 6.13. The van der Waals surface area contributed by atoms with Gasteiger partial charge in [-0.2, -0.15) is 0 Å². The molecule has 30 heavy (non-hydrogen) atoms. The molecule has 160 valence electrons. The molecule has 0 aliphatic carbocycles. The lowest BCUT2D eigenvalue weighted by atomic mass is 10.1. The van der Waals surface area contributed by atoms with E-state index in [2.05, 4.69) is 55.6 Å². The molecule has 3 rings (SSSR count). The molecule has 0 saturated heterocycles. The summed E-state index contributed by atoms with van der Waals surface area (Å²) >= 11 is 8.66. The second-order valence-electron chi connectivity index (χ2n) is 7.74. The average molecular weight is 480 g/mol. The van der Waals surface area contributed by atoms with Gasteiger partial charge in [-0.25, -0.2) is 15.0 Å².